The molecular weight excluding hydrogens is 336 g/mol. The minimum absolute atomic E-state index is 0.982. The Morgan fingerprint density at radius 2 is 1.31 bits per heavy atom. The second kappa shape index (κ2) is 6.36. The minimum atomic E-state index is 0.982. The Hall–Kier alpha value is -3.04. The lowest BCUT2D eigenvalue weighted by atomic mass is 10.2. The zero-order valence-electron chi connectivity index (χ0n) is 14.0. The van der Waals surface area contributed by atoms with Gasteiger partial charge in [-0.1, -0.05) is 84.6 Å². The van der Waals surface area contributed by atoms with E-state index < -0.39 is 0 Å². The monoisotopic (exact) mass is 352 g/mol. The molecule has 0 unspecified atom stereocenters. The zero-order valence-corrected chi connectivity index (χ0v) is 14.9. The molecule has 5 aromatic rings. The predicted octanol–water partition coefficient (Wildman–Crippen LogP) is 6.31. The third kappa shape index (κ3) is 2.57. The van der Waals surface area contributed by atoms with Crippen molar-refractivity contribution in [3.63, 3.8) is 0 Å². The summed E-state index contributed by atoms with van der Waals surface area (Å²) in [5.41, 5.74) is 3.44. The lowest BCUT2D eigenvalue weighted by Gasteiger charge is -2.06. The molecule has 0 saturated heterocycles. The fourth-order valence-corrected chi connectivity index (χ4v) is 4.17. The van der Waals surface area contributed by atoms with Gasteiger partial charge in [0, 0.05) is 10.5 Å². The standard InChI is InChI=1S/C23H16N2S/c1-3-10-18(11-4-1)22-24-23(26-19-12-5-2-6-13-19)21-16-15-17-9-7-8-14-20(17)25(21)22/h1-16H. The Kier molecular flexibility index (Phi) is 3.72. The third-order valence-electron chi connectivity index (χ3n) is 4.47. The van der Waals surface area contributed by atoms with Gasteiger partial charge in [0.2, 0.25) is 0 Å². The van der Waals surface area contributed by atoms with Crippen LogP contribution in [0, 0.1) is 0 Å². The summed E-state index contributed by atoms with van der Waals surface area (Å²) in [6, 6.07) is 33.6. The Bertz CT molecular complexity index is 1190. The molecule has 3 heteroatoms. The highest BCUT2D eigenvalue weighted by atomic mass is 32.2. The molecule has 0 amide bonds. The quantitative estimate of drug-likeness (QED) is 0.379. The number of pyridine rings is 1. The summed E-state index contributed by atoms with van der Waals surface area (Å²) < 4.78 is 2.27. The van der Waals surface area contributed by atoms with Crippen LogP contribution in [0.1, 0.15) is 0 Å². The van der Waals surface area contributed by atoms with Crippen LogP contribution in [0.15, 0.2) is 107 Å². The molecule has 3 aromatic carbocycles. The molecule has 0 bridgehead atoms. The van der Waals surface area contributed by atoms with Crippen molar-refractivity contribution in [2.24, 2.45) is 0 Å². The summed E-state index contributed by atoms with van der Waals surface area (Å²) in [4.78, 5) is 6.23. The van der Waals surface area contributed by atoms with E-state index >= 15 is 0 Å². The van der Waals surface area contributed by atoms with Crippen molar-refractivity contribution in [2.45, 2.75) is 9.92 Å². The number of imidazole rings is 1. The average molecular weight is 352 g/mol. The molecule has 124 valence electrons. The molecule has 26 heavy (non-hydrogen) atoms. The van der Waals surface area contributed by atoms with Gasteiger partial charge in [-0.15, -0.1) is 0 Å². The third-order valence-corrected chi connectivity index (χ3v) is 5.47. The van der Waals surface area contributed by atoms with Crippen LogP contribution < -0.4 is 0 Å². The van der Waals surface area contributed by atoms with E-state index in [0.29, 0.717) is 0 Å². The van der Waals surface area contributed by atoms with E-state index in [9.17, 15) is 0 Å². The van der Waals surface area contributed by atoms with Gasteiger partial charge in [-0.05, 0) is 29.7 Å². The second-order valence-electron chi connectivity index (χ2n) is 6.13. The van der Waals surface area contributed by atoms with Gasteiger partial charge >= 0.3 is 0 Å². The smallest absolute Gasteiger partial charge is 0.146 e. The first-order valence-corrected chi connectivity index (χ1v) is 9.40. The molecule has 0 radical (unpaired) electrons. The van der Waals surface area contributed by atoms with Gasteiger partial charge in [0.15, 0.2) is 0 Å². The van der Waals surface area contributed by atoms with Gasteiger partial charge < -0.3 is 0 Å². The maximum absolute atomic E-state index is 5.03. The summed E-state index contributed by atoms with van der Waals surface area (Å²) in [5.74, 6) is 0.982. The van der Waals surface area contributed by atoms with Gasteiger partial charge in [-0.25, -0.2) is 4.98 Å². The van der Waals surface area contributed by atoms with Gasteiger partial charge in [-0.3, -0.25) is 4.40 Å². The van der Waals surface area contributed by atoms with Crippen LogP contribution in [0.4, 0.5) is 0 Å². The fraction of sp³-hybridized carbons (Fsp3) is 0. The minimum Gasteiger partial charge on any atom is -0.291 e. The molecule has 2 nitrogen and oxygen atoms in total. The highest BCUT2D eigenvalue weighted by Gasteiger charge is 2.15. The Morgan fingerprint density at radius 1 is 0.615 bits per heavy atom. The number of rotatable bonds is 3. The molecular formula is C23H16N2S. The van der Waals surface area contributed by atoms with Crippen molar-refractivity contribution < 1.29 is 0 Å². The Balaban J connectivity index is 1.80. The van der Waals surface area contributed by atoms with Crippen LogP contribution in [0.2, 0.25) is 0 Å². The molecule has 0 fully saturated rings. The maximum Gasteiger partial charge on any atom is 0.146 e. The fourth-order valence-electron chi connectivity index (χ4n) is 3.26. The van der Waals surface area contributed by atoms with Crippen molar-refractivity contribution in [1.82, 2.24) is 9.38 Å². The van der Waals surface area contributed by atoms with E-state index in [1.54, 1.807) is 11.8 Å². The van der Waals surface area contributed by atoms with Crippen molar-refractivity contribution >= 4 is 28.2 Å². The molecule has 0 spiro atoms. The molecule has 2 aromatic heterocycles. The Labute approximate surface area is 156 Å². The number of aromatic nitrogens is 2. The number of nitrogens with zero attached hydrogens (tertiary/aromatic N) is 2. The SMILES string of the molecule is c1ccc(Sc2nc(-c3ccccc3)n3c2ccc2ccccc23)cc1. The van der Waals surface area contributed by atoms with E-state index in [1.165, 1.54) is 15.8 Å². The first-order valence-electron chi connectivity index (χ1n) is 8.59. The summed E-state index contributed by atoms with van der Waals surface area (Å²) in [6.07, 6.45) is 0. The molecule has 0 aliphatic heterocycles. The summed E-state index contributed by atoms with van der Waals surface area (Å²) >= 11 is 1.71. The van der Waals surface area contributed by atoms with E-state index in [-0.39, 0.29) is 0 Å². The molecule has 0 aliphatic carbocycles. The highest BCUT2D eigenvalue weighted by molar-refractivity contribution is 7.99. The summed E-state index contributed by atoms with van der Waals surface area (Å²) in [7, 11) is 0. The number of benzene rings is 3. The maximum atomic E-state index is 5.03. The first kappa shape index (κ1) is 15.2. The van der Waals surface area contributed by atoms with Crippen LogP contribution in [0.25, 0.3) is 27.8 Å². The van der Waals surface area contributed by atoms with Crippen LogP contribution in [-0.4, -0.2) is 9.38 Å². The van der Waals surface area contributed by atoms with Crippen molar-refractivity contribution in [3.8, 4) is 11.4 Å². The van der Waals surface area contributed by atoms with Crippen LogP contribution in [-0.2, 0) is 0 Å². The number of fused-ring (bicyclic) bond motifs is 3. The predicted molar refractivity (Wildman–Crippen MR) is 109 cm³/mol. The normalized spacial score (nSPS) is 11.2. The Morgan fingerprint density at radius 3 is 2.12 bits per heavy atom. The van der Waals surface area contributed by atoms with Gasteiger partial charge in [0.05, 0.1) is 11.0 Å². The van der Waals surface area contributed by atoms with E-state index in [4.69, 9.17) is 4.98 Å². The van der Waals surface area contributed by atoms with Crippen molar-refractivity contribution in [3.05, 3.63) is 97.1 Å². The zero-order chi connectivity index (χ0) is 17.3. The van der Waals surface area contributed by atoms with Gasteiger partial charge in [0.25, 0.3) is 0 Å². The first-order chi connectivity index (χ1) is 12.9. The summed E-state index contributed by atoms with van der Waals surface area (Å²) in [5, 5.41) is 2.24. The largest absolute Gasteiger partial charge is 0.291 e. The van der Waals surface area contributed by atoms with Crippen molar-refractivity contribution in [1.29, 1.82) is 0 Å². The summed E-state index contributed by atoms with van der Waals surface area (Å²) in [6.45, 7) is 0. The number of para-hydroxylation sites is 1. The molecule has 2 heterocycles. The average Bonchev–Trinajstić information content (AvgIpc) is 3.08. The van der Waals surface area contributed by atoms with Gasteiger partial charge in [0.1, 0.15) is 10.9 Å². The van der Waals surface area contributed by atoms with Crippen molar-refractivity contribution in [2.75, 3.05) is 0 Å². The second-order valence-corrected chi connectivity index (χ2v) is 7.20. The van der Waals surface area contributed by atoms with E-state index in [1.807, 2.05) is 12.1 Å². The molecule has 0 N–H and O–H groups in total. The van der Waals surface area contributed by atoms with Gasteiger partial charge in [-0.2, -0.15) is 0 Å². The lowest BCUT2D eigenvalue weighted by molar-refractivity contribution is 1.18. The van der Waals surface area contributed by atoms with Crippen LogP contribution in [0.5, 0.6) is 0 Å². The molecule has 0 saturated carbocycles. The molecule has 5 rings (SSSR count). The number of hydrogen-bond donors (Lipinski definition) is 0. The lowest BCUT2D eigenvalue weighted by Crippen LogP contribution is -1.91. The van der Waals surface area contributed by atoms with Crippen LogP contribution >= 0.6 is 11.8 Å². The topological polar surface area (TPSA) is 17.3 Å². The highest BCUT2D eigenvalue weighted by Crippen LogP contribution is 2.35. The molecule has 0 aliphatic rings. The van der Waals surface area contributed by atoms with Crippen LogP contribution in [0.3, 0.4) is 0 Å². The molecule has 0 atom stereocenters. The van der Waals surface area contributed by atoms with E-state index in [0.717, 1.165) is 21.9 Å². The van der Waals surface area contributed by atoms with E-state index in [2.05, 4.69) is 89.3 Å². The number of hydrogen-bond acceptors (Lipinski definition) is 2.